The number of nitrogens with one attached hydrogen (secondary N) is 1. The summed E-state index contributed by atoms with van der Waals surface area (Å²) in [6.07, 6.45) is 5.47. The molecule has 1 aromatic heterocycles. The minimum Gasteiger partial charge on any atom is -0.344 e. The maximum atomic E-state index is 11.9. The molecular formula is C14H15N3O3S. The number of hydrogen-bond acceptors (Lipinski definition) is 5. The Morgan fingerprint density at radius 3 is 2.38 bits per heavy atom. The van der Waals surface area contributed by atoms with Crippen molar-refractivity contribution in [3.05, 3.63) is 54.1 Å². The molecule has 0 unspecified atom stereocenters. The first-order chi connectivity index (χ1) is 9.88. The fourth-order valence-corrected chi connectivity index (χ4v) is 2.40. The normalized spacial score (nSPS) is 12.7. The monoisotopic (exact) mass is 305 g/mol. The van der Waals surface area contributed by atoms with Crippen molar-refractivity contribution >= 4 is 15.7 Å². The lowest BCUT2D eigenvalue weighted by Gasteiger charge is -2.14. The van der Waals surface area contributed by atoms with Gasteiger partial charge in [-0.2, -0.15) is 0 Å². The predicted octanol–water partition coefficient (Wildman–Crippen LogP) is 1.37. The minimum atomic E-state index is -3.22. The number of hydrogen-bond donors (Lipinski definition) is 1. The second-order valence-corrected chi connectivity index (χ2v) is 6.64. The molecule has 1 N–H and O–H groups in total. The Labute approximate surface area is 123 Å². The average molecular weight is 305 g/mol. The summed E-state index contributed by atoms with van der Waals surface area (Å²) in [5, 5.41) is 2.78. The van der Waals surface area contributed by atoms with Crippen LogP contribution in [0.5, 0.6) is 0 Å². The van der Waals surface area contributed by atoms with E-state index in [0.29, 0.717) is 0 Å². The largest absolute Gasteiger partial charge is 0.344 e. The molecule has 2 rings (SSSR count). The SMILES string of the molecule is C[C@@H](NC(=O)c1cnccn1)c1ccc(S(C)(=O)=O)cc1. The van der Waals surface area contributed by atoms with E-state index < -0.39 is 9.84 Å². The summed E-state index contributed by atoms with van der Waals surface area (Å²) in [5.74, 6) is -0.331. The molecule has 0 bridgehead atoms. The van der Waals surface area contributed by atoms with E-state index >= 15 is 0 Å². The Bertz CT molecular complexity index is 728. The molecule has 0 saturated heterocycles. The smallest absolute Gasteiger partial charge is 0.271 e. The van der Waals surface area contributed by atoms with E-state index in [1.807, 2.05) is 6.92 Å². The Hall–Kier alpha value is -2.28. The van der Waals surface area contributed by atoms with E-state index in [9.17, 15) is 13.2 Å². The lowest BCUT2D eigenvalue weighted by atomic mass is 10.1. The van der Waals surface area contributed by atoms with Crippen LogP contribution in [-0.4, -0.2) is 30.5 Å². The van der Waals surface area contributed by atoms with Crippen LogP contribution in [0.1, 0.15) is 29.0 Å². The summed E-state index contributed by atoms with van der Waals surface area (Å²) in [5.41, 5.74) is 1.04. The summed E-state index contributed by atoms with van der Waals surface area (Å²) in [4.78, 5) is 19.9. The number of amides is 1. The van der Waals surface area contributed by atoms with Crippen LogP contribution in [0.4, 0.5) is 0 Å². The minimum absolute atomic E-state index is 0.233. The Balaban J connectivity index is 2.10. The van der Waals surface area contributed by atoms with Crippen LogP contribution in [0, 0.1) is 0 Å². The summed E-state index contributed by atoms with van der Waals surface area (Å²) in [7, 11) is -3.22. The first kappa shape index (κ1) is 15.1. The number of carbonyl (C=O) groups is 1. The fraction of sp³-hybridized carbons (Fsp3) is 0.214. The van der Waals surface area contributed by atoms with Gasteiger partial charge >= 0.3 is 0 Å². The highest BCUT2D eigenvalue weighted by Gasteiger charge is 2.13. The fourth-order valence-electron chi connectivity index (χ4n) is 1.77. The second-order valence-electron chi connectivity index (χ2n) is 4.63. The van der Waals surface area contributed by atoms with Crippen LogP contribution in [0.25, 0.3) is 0 Å². The van der Waals surface area contributed by atoms with E-state index in [4.69, 9.17) is 0 Å². The molecule has 0 fully saturated rings. The van der Waals surface area contributed by atoms with Crippen molar-refractivity contribution in [2.45, 2.75) is 17.9 Å². The third kappa shape index (κ3) is 3.85. The van der Waals surface area contributed by atoms with E-state index in [1.54, 1.807) is 12.1 Å². The van der Waals surface area contributed by atoms with E-state index in [1.165, 1.54) is 30.7 Å². The second kappa shape index (κ2) is 6.01. The summed E-state index contributed by atoms with van der Waals surface area (Å²) >= 11 is 0. The van der Waals surface area contributed by atoms with Gasteiger partial charge in [0.15, 0.2) is 9.84 Å². The quantitative estimate of drug-likeness (QED) is 0.921. The maximum Gasteiger partial charge on any atom is 0.271 e. The number of nitrogens with zero attached hydrogens (tertiary/aromatic N) is 2. The number of carbonyl (C=O) groups excluding carboxylic acids is 1. The lowest BCUT2D eigenvalue weighted by molar-refractivity contribution is 0.0934. The molecule has 0 radical (unpaired) electrons. The lowest BCUT2D eigenvalue weighted by Crippen LogP contribution is -2.27. The van der Waals surface area contributed by atoms with E-state index in [0.717, 1.165) is 11.8 Å². The van der Waals surface area contributed by atoms with Crippen molar-refractivity contribution < 1.29 is 13.2 Å². The van der Waals surface area contributed by atoms with Gasteiger partial charge < -0.3 is 5.32 Å². The molecule has 7 heteroatoms. The van der Waals surface area contributed by atoms with Crippen molar-refractivity contribution in [1.82, 2.24) is 15.3 Å². The van der Waals surface area contributed by atoms with Gasteiger partial charge in [0.05, 0.1) is 17.1 Å². The topological polar surface area (TPSA) is 89.0 Å². The average Bonchev–Trinajstić information content (AvgIpc) is 2.47. The molecule has 1 heterocycles. The number of rotatable bonds is 4. The highest BCUT2D eigenvalue weighted by atomic mass is 32.2. The molecule has 0 spiro atoms. The van der Waals surface area contributed by atoms with Gasteiger partial charge in [-0.25, -0.2) is 13.4 Å². The van der Waals surface area contributed by atoms with E-state index in [-0.39, 0.29) is 22.5 Å². The van der Waals surface area contributed by atoms with Crippen LogP contribution in [0.3, 0.4) is 0 Å². The molecule has 0 saturated carbocycles. The third-order valence-electron chi connectivity index (χ3n) is 2.95. The predicted molar refractivity (Wildman–Crippen MR) is 77.5 cm³/mol. The summed E-state index contributed by atoms with van der Waals surface area (Å²) < 4.78 is 22.8. The maximum absolute atomic E-state index is 11.9. The van der Waals surface area contributed by atoms with Crippen LogP contribution in [0.2, 0.25) is 0 Å². The number of aromatic nitrogens is 2. The Morgan fingerprint density at radius 1 is 1.19 bits per heavy atom. The number of benzene rings is 1. The molecule has 0 aliphatic heterocycles. The number of sulfone groups is 1. The van der Waals surface area contributed by atoms with Crippen molar-refractivity contribution in [2.24, 2.45) is 0 Å². The van der Waals surface area contributed by atoms with Crippen molar-refractivity contribution in [3.63, 3.8) is 0 Å². The standard InChI is InChI=1S/C14H15N3O3S/c1-10(17-14(18)13-9-15-7-8-16-13)11-3-5-12(6-4-11)21(2,19)20/h3-10H,1-2H3,(H,17,18)/t10-/m1/s1. The first-order valence-corrected chi connectivity index (χ1v) is 8.14. The van der Waals surface area contributed by atoms with Gasteiger partial charge in [0.1, 0.15) is 5.69 Å². The molecule has 1 aromatic carbocycles. The van der Waals surface area contributed by atoms with Crippen LogP contribution in [0.15, 0.2) is 47.8 Å². The van der Waals surface area contributed by atoms with Crippen molar-refractivity contribution in [3.8, 4) is 0 Å². The van der Waals surface area contributed by atoms with Crippen molar-refractivity contribution in [2.75, 3.05) is 6.26 Å². The molecule has 6 nitrogen and oxygen atoms in total. The highest BCUT2D eigenvalue weighted by Crippen LogP contribution is 2.16. The molecular weight excluding hydrogens is 290 g/mol. The van der Waals surface area contributed by atoms with E-state index in [2.05, 4.69) is 15.3 Å². The third-order valence-corrected chi connectivity index (χ3v) is 4.08. The Kier molecular flexibility index (Phi) is 4.32. The molecule has 21 heavy (non-hydrogen) atoms. The van der Waals surface area contributed by atoms with Gasteiger partial charge in [0.2, 0.25) is 0 Å². The van der Waals surface area contributed by atoms with Gasteiger partial charge in [0, 0.05) is 18.6 Å². The van der Waals surface area contributed by atoms with Crippen LogP contribution >= 0.6 is 0 Å². The highest BCUT2D eigenvalue weighted by molar-refractivity contribution is 7.90. The Morgan fingerprint density at radius 2 is 1.86 bits per heavy atom. The van der Waals surface area contributed by atoms with Gasteiger partial charge in [-0.15, -0.1) is 0 Å². The molecule has 0 aliphatic rings. The van der Waals surface area contributed by atoms with Gasteiger partial charge in [0.25, 0.3) is 5.91 Å². The van der Waals surface area contributed by atoms with Gasteiger partial charge in [-0.3, -0.25) is 9.78 Å². The molecule has 110 valence electrons. The molecule has 2 aromatic rings. The summed E-state index contributed by atoms with van der Waals surface area (Å²) in [6.45, 7) is 1.81. The van der Waals surface area contributed by atoms with Crippen LogP contribution < -0.4 is 5.32 Å². The zero-order chi connectivity index (χ0) is 15.5. The molecule has 0 aliphatic carbocycles. The zero-order valence-electron chi connectivity index (χ0n) is 11.6. The first-order valence-electron chi connectivity index (χ1n) is 6.25. The van der Waals surface area contributed by atoms with Crippen LogP contribution in [-0.2, 0) is 9.84 Å². The van der Waals surface area contributed by atoms with Gasteiger partial charge in [-0.05, 0) is 24.6 Å². The molecule has 1 amide bonds. The molecule has 1 atom stereocenters. The zero-order valence-corrected chi connectivity index (χ0v) is 12.5. The van der Waals surface area contributed by atoms with Crippen molar-refractivity contribution in [1.29, 1.82) is 0 Å². The summed E-state index contributed by atoms with van der Waals surface area (Å²) in [6, 6.07) is 6.13. The van der Waals surface area contributed by atoms with Gasteiger partial charge in [-0.1, -0.05) is 12.1 Å².